The number of hydrogen-bond acceptors (Lipinski definition) is 7. The number of ketones is 1. The highest BCUT2D eigenvalue weighted by Crippen LogP contribution is 2.24. The zero-order valence-electron chi connectivity index (χ0n) is 20.5. The molecule has 2 amide bonds. The highest BCUT2D eigenvalue weighted by Gasteiger charge is 2.24. The second-order valence-electron chi connectivity index (χ2n) is 8.62. The van der Waals surface area contributed by atoms with Gasteiger partial charge < -0.3 is 20.4 Å². The van der Waals surface area contributed by atoms with Crippen molar-refractivity contribution in [3.8, 4) is 11.4 Å². The topological polar surface area (TPSA) is 108 Å². The molecule has 9 heteroatoms. The Kier molecular flexibility index (Phi) is 7.89. The van der Waals surface area contributed by atoms with Gasteiger partial charge in [-0.25, -0.2) is 9.97 Å². The maximum absolute atomic E-state index is 13.0. The Morgan fingerprint density at radius 3 is 2.14 bits per heavy atom. The Hall–Kier alpha value is -4.27. The lowest BCUT2D eigenvalue weighted by Crippen LogP contribution is -2.49. The van der Waals surface area contributed by atoms with Gasteiger partial charge in [-0.05, 0) is 19.1 Å². The van der Waals surface area contributed by atoms with Crippen LogP contribution in [-0.4, -0.2) is 71.7 Å². The third kappa shape index (κ3) is 6.24. The number of nitrogens with zero attached hydrogens (tertiary/aromatic N) is 4. The zero-order chi connectivity index (χ0) is 25.5. The molecule has 0 saturated carbocycles. The van der Waals surface area contributed by atoms with Crippen molar-refractivity contribution in [1.29, 1.82) is 0 Å². The second-order valence-corrected chi connectivity index (χ2v) is 8.62. The van der Waals surface area contributed by atoms with E-state index in [1.165, 1.54) is 13.8 Å². The smallest absolute Gasteiger partial charge is 0.253 e. The number of benzene rings is 2. The van der Waals surface area contributed by atoms with Crippen LogP contribution < -0.4 is 15.5 Å². The second kappa shape index (κ2) is 11.4. The molecule has 0 unspecified atom stereocenters. The van der Waals surface area contributed by atoms with Gasteiger partial charge >= 0.3 is 0 Å². The Labute approximate surface area is 210 Å². The molecular weight excluding hydrogens is 456 g/mol. The first-order valence-electron chi connectivity index (χ1n) is 12.0. The predicted molar refractivity (Wildman–Crippen MR) is 139 cm³/mol. The van der Waals surface area contributed by atoms with Gasteiger partial charge in [0.2, 0.25) is 5.91 Å². The molecule has 3 aromatic rings. The SMILES string of the molecule is CC(=O)NCCNc1cc(N2CCN(C(=O)c3ccc(C(C)=O)cc3)CC2)nc(-c2ccccc2)n1. The van der Waals surface area contributed by atoms with Crippen LogP contribution in [0.15, 0.2) is 60.7 Å². The monoisotopic (exact) mass is 486 g/mol. The third-order valence-corrected chi connectivity index (χ3v) is 5.98. The van der Waals surface area contributed by atoms with Gasteiger partial charge in [-0.1, -0.05) is 42.5 Å². The molecule has 0 aliphatic carbocycles. The summed E-state index contributed by atoms with van der Waals surface area (Å²) in [7, 11) is 0. The molecule has 2 N–H and O–H groups in total. The number of aromatic nitrogens is 2. The minimum absolute atomic E-state index is 0.0219. The fourth-order valence-corrected chi connectivity index (χ4v) is 4.00. The van der Waals surface area contributed by atoms with Gasteiger partial charge in [-0.15, -0.1) is 0 Å². The van der Waals surface area contributed by atoms with E-state index in [1.54, 1.807) is 24.3 Å². The van der Waals surface area contributed by atoms with Gasteiger partial charge in [0, 0.05) is 68.9 Å². The van der Waals surface area contributed by atoms with E-state index in [4.69, 9.17) is 4.98 Å². The molecule has 0 bridgehead atoms. The first-order valence-corrected chi connectivity index (χ1v) is 12.0. The largest absolute Gasteiger partial charge is 0.368 e. The number of anilines is 2. The van der Waals surface area contributed by atoms with Crippen molar-refractivity contribution < 1.29 is 14.4 Å². The van der Waals surface area contributed by atoms with Gasteiger partial charge in [-0.2, -0.15) is 0 Å². The molecule has 0 spiro atoms. The van der Waals surface area contributed by atoms with E-state index in [9.17, 15) is 14.4 Å². The number of carbonyl (C=O) groups excluding carboxylic acids is 3. The quantitative estimate of drug-likeness (QED) is 0.372. The van der Waals surface area contributed by atoms with Gasteiger partial charge in [0.15, 0.2) is 11.6 Å². The lowest BCUT2D eigenvalue weighted by molar-refractivity contribution is -0.118. The van der Waals surface area contributed by atoms with E-state index in [1.807, 2.05) is 41.3 Å². The summed E-state index contributed by atoms with van der Waals surface area (Å²) in [6.45, 7) is 6.41. The first kappa shape index (κ1) is 24.8. The maximum atomic E-state index is 13.0. The van der Waals surface area contributed by atoms with Crippen molar-refractivity contribution in [3.63, 3.8) is 0 Å². The van der Waals surface area contributed by atoms with Gasteiger partial charge in [0.05, 0.1) is 0 Å². The summed E-state index contributed by atoms with van der Waals surface area (Å²) in [6.07, 6.45) is 0. The number of hydrogen-bond donors (Lipinski definition) is 2. The van der Waals surface area contributed by atoms with Gasteiger partial charge in [0.1, 0.15) is 11.6 Å². The summed E-state index contributed by atoms with van der Waals surface area (Å²) in [4.78, 5) is 49.1. The number of carbonyl (C=O) groups is 3. The van der Waals surface area contributed by atoms with Crippen LogP contribution in [0.25, 0.3) is 11.4 Å². The normalized spacial score (nSPS) is 13.3. The molecule has 1 fully saturated rings. The van der Waals surface area contributed by atoms with Gasteiger partial charge in [0.25, 0.3) is 5.91 Å². The molecular formula is C27H30N6O3. The highest BCUT2D eigenvalue weighted by molar-refractivity contribution is 5.97. The fourth-order valence-electron chi connectivity index (χ4n) is 4.00. The van der Waals surface area contributed by atoms with E-state index in [2.05, 4.69) is 20.5 Å². The van der Waals surface area contributed by atoms with Crippen molar-refractivity contribution >= 4 is 29.2 Å². The fraction of sp³-hybridized carbons (Fsp3) is 0.296. The van der Waals surface area contributed by atoms with Crippen molar-refractivity contribution in [2.45, 2.75) is 13.8 Å². The number of amides is 2. The summed E-state index contributed by atoms with van der Waals surface area (Å²) in [5.41, 5.74) is 2.08. The van der Waals surface area contributed by atoms with Crippen LogP contribution in [0, 0.1) is 0 Å². The molecule has 186 valence electrons. The minimum Gasteiger partial charge on any atom is -0.368 e. The lowest BCUT2D eigenvalue weighted by Gasteiger charge is -2.35. The number of rotatable bonds is 8. The summed E-state index contributed by atoms with van der Waals surface area (Å²) < 4.78 is 0. The number of piperazine rings is 1. The Morgan fingerprint density at radius 1 is 0.833 bits per heavy atom. The van der Waals surface area contributed by atoms with E-state index < -0.39 is 0 Å². The van der Waals surface area contributed by atoms with Crippen LogP contribution in [0.1, 0.15) is 34.6 Å². The van der Waals surface area contributed by atoms with Crippen LogP contribution in [0.2, 0.25) is 0 Å². The Bertz CT molecular complexity index is 1220. The van der Waals surface area contributed by atoms with Crippen LogP contribution >= 0.6 is 0 Å². The molecule has 4 rings (SSSR count). The lowest BCUT2D eigenvalue weighted by atomic mass is 10.1. The molecule has 36 heavy (non-hydrogen) atoms. The zero-order valence-corrected chi connectivity index (χ0v) is 20.5. The molecule has 1 saturated heterocycles. The molecule has 1 aliphatic rings. The highest BCUT2D eigenvalue weighted by atomic mass is 16.2. The summed E-state index contributed by atoms with van der Waals surface area (Å²) in [5, 5.41) is 6.04. The number of nitrogens with one attached hydrogen (secondary N) is 2. The molecule has 1 aliphatic heterocycles. The van der Waals surface area contributed by atoms with Gasteiger partial charge in [-0.3, -0.25) is 14.4 Å². The van der Waals surface area contributed by atoms with Crippen molar-refractivity contribution in [2.24, 2.45) is 0 Å². The summed E-state index contributed by atoms with van der Waals surface area (Å²) in [6, 6.07) is 18.5. The molecule has 0 atom stereocenters. The summed E-state index contributed by atoms with van der Waals surface area (Å²) >= 11 is 0. The van der Waals surface area contributed by atoms with Crippen LogP contribution in [0.3, 0.4) is 0 Å². The predicted octanol–water partition coefficient (Wildman–Crippen LogP) is 2.86. The van der Waals surface area contributed by atoms with Crippen LogP contribution in [0.4, 0.5) is 11.6 Å². The number of Topliss-reactive ketones (excluding diaryl/α,β-unsaturated/α-hetero) is 1. The molecule has 2 aromatic carbocycles. The van der Waals surface area contributed by atoms with E-state index in [0.717, 1.165) is 11.4 Å². The Morgan fingerprint density at radius 2 is 1.50 bits per heavy atom. The first-order chi connectivity index (χ1) is 17.4. The van der Waals surface area contributed by atoms with E-state index >= 15 is 0 Å². The van der Waals surface area contributed by atoms with Crippen molar-refractivity contribution in [3.05, 3.63) is 71.8 Å². The molecule has 0 radical (unpaired) electrons. The van der Waals surface area contributed by atoms with E-state index in [-0.39, 0.29) is 17.6 Å². The van der Waals surface area contributed by atoms with E-state index in [0.29, 0.717) is 62.0 Å². The van der Waals surface area contributed by atoms with Crippen LogP contribution in [-0.2, 0) is 4.79 Å². The third-order valence-electron chi connectivity index (χ3n) is 5.98. The maximum Gasteiger partial charge on any atom is 0.253 e. The summed E-state index contributed by atoms with van der Waals surface area (Å²) in [5.74, 6) is 1.92. The average molecular weight is 487 g/mol. The molecule has 9 nitrogen and oxygen atoms in total. The minimum atomic E-state index is -0.0765. The Balaban J connectivity index is 1.46. The average Bonchev–Trinajstić information content (AvgIpc) is 2.91. The van der Waals surface area contributed by atoms with Crippen LogP contribution in [0.5, 0.6) is 0 Å². The molecule has 2 heterocycles. The van der Waals surface area contributed by atoms with Crippen molar-refractivity contribution in [2.75, 3.05) is 49.5 Å². The molecule has 1 aromatic heterocycles. The standard InChI is InChI=1S/C27H30N6O3/c1-19(34)21-8-10-23(11-9-21)27(36)33-16-14-32(15-17-33)25-18-24(29-13-12-28-20(2)35)30-26(31-25)22-6-4-3-5-7-22/h3-11,18H,12-17H2,1-2H3,(H,28,35)(H,29,30,31). The van der Waals surface area contributed by atoms with Crippen molar-refractivity contribution in [1.82, 2.24) is 20.2 Å².